The van der Waals surface area contributed by atoms with Gasteiger partial charge in [0.25, 0.3) is 0 Å². The van der Waals surface area contributed by atoms with Gasteiger partial charge in [-0.3, -0.25) is 4.99 Å². The minimum absolute atomic E-state index is 0.745. The van der Waals surface area contributed by atoms with Gasteiger partial charge in [0, 0.05) is 18.1 Å². The second kappa shape index (κ2) is 11.1. The van der Waals surface area contributed by atoms with Crippen molar-refractivity contribution in [3.63, 3.8) is 0 Å². The third-order valence-corrected chi connectivity index (χ3v) is 0.566. The van der Waals surface area contributed by atoms with Crippen LogP contribution in [-0.4, -0.2) is 6.21 Å². The molecule has 0 unspecified atom stereocenters. The van der Waals surface area contributed by atoms with E-state index in [1.807, 2.05) is 33.9 Å². The van der Waals surface area contributed by atoms with E-state index in [2.05, 4.69) is 4.99 Å². The van der Waals surface area contributed by atoms with Crippen molar-refractivity contribution in [1.82, 2.24) is 0 Å². The summed E-state index contributed by atoms with van der Waals surface area (Å²) in [6.07, 6.45) is 4.42. The molecule has 0 atom stereocenters. The molecule has 0 aromatic carbocycles. The summed E-state index contributed by atoms with van der Waals surface area (Å²) < 4.78 is 0. The van der Waals surface area contributed by atoms with Crippen LogP contribution in [-0.2, 0) is 0 Å². The van der Waals surface area contributed by atoms with Gasteiger partial charge in [0.15, 0.2) is 0 Å². The Morgan fingerprint density at radius 1 is 1.50 bits per heavy atom. The molecule has 10 heavy (non-hydrogen) atoms. The number of nitrogens with two attached hydrogens (primary N) is 1. The van der Waals surface area contributed by atoms with Crippen molar-refractivity contribution >= 4 is 6.21 Å². The molecule has 60 valence electrons. The quantitative estimate of drug-likeness (QED) is 0.590. The summed E-state index contributed by atoms with van der Waals surface area (Å²) in [6.45, 7) is 7.84. The normalized spacial score (nSPS) is 11.0. The highest BCUT2D eigenvalue weighted by molar-refractivity contribution is 5.57. The predicted molar refractivity (Wildman–Crippen MR) is 48.1 cm³/mol. The number of aliphatic imine (C=N–C) groups is 1. The van der Waals surface area contributed by atoms with Gasteiger partial charge in [-0.2, -0.15) is 0 Å². The minimum Gasteiger partial charge on any atom is -0.401 e. The maximum atomic E-state index is 5.28. The Labute approximate surface area is 63.8 Å². The molecule has 0 heterocycles. The van der Waals surface area contributed by atoms with Crippen molar-refractivity contribution in [2.75, 3.05) is 0 Å². The zero-order valence-electron chi connectivity index (χ0n) is 7.39. The number of nitrogens with zero attached hydrogens (tertiary/aromatic N) is 1. The Balaban J connectivity index is 0. The third-order valence-electron chi connectivity index (χ3n) is 0.566. The molecule has 0 aliphatic heterocycles. The zero-order valence-corrected chi connectivity index (χ0v) is 7.39. The van der Waals surface area contributed by atoms with E-state index >= 15 is 0 Å². The lowest BCUT2D eigenvalue weighted by Gasteiger charge is -1.81. The molecular formula is C8H18N2. The molecular weight excluding hydrogens is 124 g/mol. The molecule has 0 spiro atoms. The molecule has 0 saturated carbocycles. The van der Waals surface area contributed by atoms with Gasteiger partial charge in [0.2, 0.25) is 0 Å². The first-order valence-electron chi connectivity index (χ1n) is 3.71. The van der Waals surface area contributed by atoms with Crippen molar-refractivity contribution in [1.29, 1.82) is 0 Å². The van der Waals surface area contributed by atoms with E-state index in [-0.39, 0.29) is 0 Å². The zero-order chi connectivity index (χ0) is 8.41. The van der Waals surface area contributed by atoms with Crippen LogP contribution in [0.2, 0.25) is 0 Å². The molecule has 0 aliphatic rings. The van der Waals surface area contributed by atoms with Gasteiger partial charge in [0.1, 0.15) is 0 Å². The van der Waals surface area contributed by atoms with E-state index in [9.17, 15) is 0 Å². The molecule has 0 fully saturated rings. The van der Waals surface area contributed by atoms with E-state index in [0.717, 1.165) is 12.1 Å². The highest BCUT2D eigenvalue weighted by Crippen LogP contribution is 1.79. The summed E-state index contributed by atoms with van der Waals surface area (Å²) in [7, 11) is 0. The SMILES string of the molecule is CC.CCC=N/C=C(/C)N. The number of hydrogen-bond donors (Lipinski definition) is 1. The molecule has 0 bridgehead atoms. The average molecular weight is 142 g/mol. The first-order chi connectivity index (χ1) is 4.77. The lowest BCUT2D eigenvalue weighted by atomic mass is 10.5. The number of rotatable bonds is 2. The van der Waals surface area contributed by atoms with Crippen LogP contribution in [0.25, 0.3) is 0 Å². The molecule has 2 nitrogen and oxygen atoms in total. The van der Waals surface area contributed by atoms with Crippen molar-refractivity contribution in [2.45, 2.75) is 34.1 Å². The fourth-order valence-corrected chi connectivity index (χ4v) is 0.276. The van der Waals surface area contributed by atoms with Crippen molar-refractivity contribution in [2.24, 2.45) is 10.7 Å². The van der Waals surface area contributed by atoms with Crippen LogP contribution >= 0.6 is 0 Å². The van der Waals surface area contributed by atoms with Gasteiger partial charge in [-0.15, -0.1) is 0 Å². The van der Waals surface area contributed by atoms with Crippen LogP contribution in [0.4, 0.5) is 0 Å². The molecule has 0 aliphatic carbocycles. The van der Waals surface area contributed by atoms with Crippen LogP contribution in [0.15, 0.2) is 16.9 Å². The maximum Gasteiger partial charge on any atom is 0.0448 e. The Hall–Kier alpha value is -0.790. The van der Waals surface area contributed by atoms with Crippen LogP contribution in [0.3, 0.4) is 0 Å². The van der Waals surface area contributed by atoms with E-state index in [0.29, 0.717) is 0 Å². The lowest BCUT2D eigenvalue weighted by Crippen LogP contribution is -1.87. The molecule has 0 saturated heterocycles. The fraction of sp³-hybridized carbons (Fsp3) is 0.625. The third kappa shape index (κ3) is 15.7. The number of hydrogen-bond acceptors (Lipinski definition) is 2. The monoisotopic (exact) mass is 142 g/mol. The molecule has 2 heteroatoms. The van der Waals surface area contributed by atoms with E-state index in [1.165, 1.54) is 0 Å². The molecule has 0 radical (unpaired) electrons. The second-order valence-corrected chi connectivity index (χ2v) is 1.61. The predicted octanol–water partition coefficient (Wildman–Crippen LogP) is 2.31. The van der Waals surface area contributed by atoms with E-state index < -0.39 is 0 Å². The first kappa shape index (κ1) is 11.9. The summed E-state index contributed by atoms with van der Waals surface area (Å²) >= 11 is 0. The molecule has 0 amide bonds. The van der Waals surface area contributed by atoms with Crippen molar-refractivity contribution in [3.05, 3.63) is 11.9 Å². The first-order valence-corrected chi connectivity index (χ1v) is 3.71. The van der Waals surface area contributed by atoms with Gasteiger partial charge < -0.3 is 5.73 Å². The Morgan fingerprint density at radius 2 is 2.00 bits per heavy atom. The van der Waals surface area contributed by atoms with Gasteiger partial charge in [0.05, 0.1) is 0 Å². The van der Waals surface area contributed by atoms with Gasteiger partial charge in [-0.05, 0) is 13.3 Å². The topological polar surface area (TPSA) is 38.4 Å². The highest BCUT2D eigenvalue weighted by Gasteiger charge is 1.68. The fourth-order valence-electron chi connectivity index (χ4n) is 0.276. The van der Waals surface area contributed by atoms with Crippen LogP contribution in [0.5, 0.6) is 0 Å². The molecule has 0 aromatic rings. The summed E-state index contributed by atoms with van der Waals surface area (Å²) in [6, 6.07) is 0. The lowest BCUT2D eigenvalue weighted by molar-refractivity contribution is 1.26. The Bertz CT molecular complexity index is 99.8. The molecule has 0 rings (SSSR count). The van der Waals surface area contributed by atoms with Gasteiger partial charge in [-0.25, -0.2) is 0 Å². The molecule has 2 N–H and O–H groups in total. The summed E-state index contributed by atoms with van der Waals surface area (Å²) in [4.78, 5) is 3.88. The van der Waals surface area contributed by atoms with Crippen molar-refractivity contribution < 1.29 is 0 Å². The van der Waals surface area contributed by atoms with Crippen LogP contribution in [0, 0.1) is 0 Å². The summed E-state index contributed by atoms with van der Waals surface area (Å²) in [5, 5.41) is 0. The average Bonchev–Trinajstić information content (AvgIpc) is 1.92. The Kier molecular flexibility index (Phi) is 13.2. The van der Waals surface area contributed by atoms with E-state index in [4.69, 9.17) is 5.73 Å². The van der Waals surface area contributed by atoms with Crippen LogP contribution < -0.4 is 5.73 Å². The minimum atomic E-state index is 0.745. The maximum absolute atomic E-state index is 5.28. The largest absolute Gasteiger partial charge is 0.401 e. The van der Waals surface area contributed by atoms with Gasteiger partial charge >= 0.3 is 0 Å². The van der Waals surface area contributed by atoms with Crippen molar-refractivity contribution in [3.8, 4) is 0 Å². The smallest absolute Gasteiger partial charge is 0.0448 e. The summed E-state index contributed by atoms with van der Waals surface area (Å²) in [5.74, 6) is 0. The standard InChI is InChI=1S/C6H12N2.C2H6/c1-3-4-8-5-6(2)7;1-2/h4-5H,3,7H2,1-2H3;1-2H3/b6-5-,8-4?;. The van der Waals surface area contributed by atoms with E-state index in [1.54, 1.807) is 6.20 Å². The molecule has 0 aromatic heterocycles. The highest BCUT2D eigenvalue weighted by atomic mass is 14.7. The Morgan fingerprint density at radius 3 is 2.30 bits per heavy atom. The van der Waals surface area contributed by atoms with Gasteiger partial charge in [-0.1, -0.05) is 20.8 Å². The summed E-state index contributed by atoms with van der Waals surface area (Å²) in [5.41, 5.74) is 6.03. The van der Waals surface area contributed by atoms with Crippen LogP contribution in [0.1, 0.15) is 34.1 Å². The number of allylic oxidation sites excluding steroid dienone is 1. The second-order valence-electron chi connectivity index (χ2n) is 1.61.